The lowest BCUT2D eigenvalue weighted by Gasteiger charge is -2.26. The zero-order valence-electron chi connectivity index (χ0n) is 10.4. The largest absolute Gasteiger partial charge is 0.405 e. The summed E-state index contributed by atoms with van der Waals surface area (Å²) in [5.41, 5.74) is 0.476. The Morgan fingerprint density at radius 3 is 2.58 bits per heavy atom. The van der Waals surface area contributed by atoms with Crippen LogP contribution < -0.4 is 4.90 Å². The van der Waals surface area contributed by atoms with Crippen LogP contribution in [0.15, 0.2) is 6.33 Å². The molecule has 1 N–H and O–H groups in total. The zero-order chi connectivity index (χ0) is 14.5. The van der Waals surface area contributed by atoms with E-state index in [1.165, 1.54) is 0 Å². The quantitative estimate of drug-likeness (QED) is 0.820. The highest BCUT2D eigenvalue weighted by molar-refractivity contribution is 6.30. The molecule has 0 radical (unpaired) electrons. The molecule has 0 spiro atoms. The molecule has 0 saturated carbocycles. The number of rotatable bonds is 6. The van der Waals surface area contributed by atoms with Crippen LogP contribution in [0.1, 0.15) is 18.9 Å². The van der Waals surface area contributed by atoms with Gasteiger partial charge in [0.1, 0.15) is 23.8 Å². The molecule has 108 valence electrons. The highest BCUT2D eigenvalue weighted by Crippen LogP contribution is 2.27. The number of alkyl halides is 3. The number of hydrogen-bond donors (Lipinski definition) is 1. The van der Waals surface area contributed by atoms with Crippen LogP contribution in [0.2, 0.25) is 5.15 Å². The van der Waals surface area contributed by atoms with Crippen molar-refractivity contribution in [2.75, 3.05) is 24.6 Å². The van der Waals surface area contributed by atoms with Crippen LogP contribution in [0.25, 0.3) is 0 Å². The third-order valence-electron chi connectivity index (χ3n) is 2.41. The Morgan fingerprint density at radius 1 is 1.37 bits per heavy atom. The van der Waals surface area contributed by atoms with Gasteiger partial charge in [-0.3, -0.25) is 0 Å². The van der Waals surface area contributed by atoms with E-state index in [1.807, 2.05) is 6.92 Å². The van der Waals surface area contributed by atoms with Crippen LogP contribution in [0.4, 0.5) is 19.0 Å². The topological polar surface area (TPSA) is 49.2 Å². The Morgan fingerprint density at radius 2 is 2.05 bits per heavy atom. The van der Waals surface area contributed by atoms with Crippen molar-refractivity contribution in [2.45, 2.75) is 25.9 Å². The summed E-state index contributed by atoms with van der Waals surface area (Å²) in [7, 11) is 0. The molecule has 4 nitrogen and oxygen atoms in total. The van der Waals surface area contributed by atoms with Gasteiger partial charge >= 0.3 is 6.18 Å². The minimum atomic E-state index is -4.38. The molecule has 0 unspecified atom stereocenters. The van der Waals surface area contributed by atoms with Gasteiger partial charge in [0.05, 0.1) is 6.61 Å². The van der Waals surface area contributed by atoms with E-state index in [4.69, 9.17) is 16.7 Å². The van der Waals surface area contributed by atoms with Gasteiger partial charge in [0.15, 0.2) is 0 Å². The number of aliphatic hydroxyl groups excluding tert-OH is 1. The van der Waals surface area contributed by atoms with E-state index in [0.717, 1.165) is 11.2 Å². The molecule has 0 aliphatic heterocycles. The number of aliphatic hydroxyl groups is 1. The third kappa shape index (κ3) is 4.83. The minimum Gasteiger partial charge on any atom is -0.395 e. The summed E-state index contributed by atoms with van der Waals surface area (Å²) in [5, 5.41) is 9.05. The molecule has 19 heavy (non-hydrogen) atoms. The first-order valence-electron chi connectivity index (χ1n) is 5.81. The summed E-state index contributed by atoms with van der Waals surface area (Å²) in [6.07, 6.45) is -2.07. The number of nitrogens with zero attached hydrogens (tertiary/aromatic N) is 3. The number of aromatic nitrogens is 2. The lowest BCUT2D eigenvalue weighted by atomic mass is 10.1. The second-order valence-electron chi connectivity index (χ2n) is 3.98. The highest BCUT2D eigenvalue weighted by Gasteiger charge is 2.32. The first kappa shape index (κ1) is 16.0. The second-order valence-corrected chi connectivity index (χ2v) is 4.33. The Kier molecular flexibility index (Phi) is 5.81. The Bertz CT molecular complexity index is 415. The Hall–Kier alpha value is -1.08. The van der Waals surface area contributed by atoms with E-state index in [2.05, 4.69) is 9.97 Å². The fraction of sp³-hybridized carbons (Fsp3) is 0.636. The van der Waals surface area contributed by atoms with Crippen molar-refractivity contribution in [1.82, 2.24) is 9.97 Å². The van der Waals surface area contributed by atoms with Crippen molar-refractivity contribution in [2.24, 2.45) is 0 Å². The average Bonchev–Trinajstić information content (AvgIpc) is 2.30. The Labute approximate surface area is 114 Å². The van der Waals surface area contributed by atoms with Gasteiger partial charge in [-0.2, -0.15) is 13.2 Å². The van der Waals surface area contributed by atoms with Crippen molar-refractivity contribution in [3.63, 3.8) is 0 Å². The van der Waals surface area contributed by atoms with Gasteiger partial charge in [-0.05, 0) is 6.42 Å². The second kappa shape index (κ2) is 6.91. The van der Waals surface area contributed by atoms with Crippen LogP contribution in [0.3, 0.4) is 0 Å². The van der Waals surface area contributed by atoms with Gasteiger partial charge in [0.2, 0.25) is 0 Å². The predicted molar refractivity (Wildman–Crippen MR) is 66.4 cm³/mol. The Balaban J connectivity index is 3.10. The van der Waals surface area contributed by atoms with Crippen LogP contribution in [0, 0.1) is 0 Å². The summed E-state index contributed by atoms with van der Waals surface area (Å²) < 4.78 is 37.6. The minimum absolute atomic E-state index is 0.133. The summed E-state index contributed by atoms with van der Waals surface area (Å²) in [6.45, 7) is 0.137. The predicted octanol–water partition coefficient (Wildman–Crippen LogP) is 2.44. The lowest BCUT2D eigenvalue weighted by Crippen LogP contribution is -2.37. The SMILES string of the molecule is CCCc1c(Cl)ncnc1N(CCO)CC(F)(F)F. The maximum atomic E-state index is 12.5. The van der Waals surface area contributed by atoms with E-state index >= 15 is 0 Å². The van der Waals surface area contributed by atoms with Gasteiger partial charge < -0.3 is 10.0 Å². The molecule has 0 fully saturated rings. The lowest BCUT2D eigenvalue weighted by molar-refractivity contribution is -0.120. The van der Waals surface area contributed by atoms with Crippen LogP contribution in [0.5, 0.6) is 0 Å². The summed E-state index contributed by atoms with van der Waals surface area (Å²) >= 11 is 5.90. The highest BCUT2D eigenvalue weighted by atomic mass is 35.5. The molecule has 0 aromatic carbocycles. The standard InChI is InChI=1S/C11H15ClF3N3O/c1-2-3-8-9(12)16-7-17-10(8)18(4-5-19)6-11(13,14)15/h7,19H,2-6H2,1H3. The van der Waals surface area contributed by atoms with Crippen molar-refractivity contribution in [1.29, 1.82) is 0 Å². The van der Waals surface area contributed by atoms with E-state index in [0.29, 0.717) is 18.4 Å². The van der Waals surface area contributed by atoms with Gasteiger partial charge in [-0.25, -0.2) is 9.97 Å². The first-order chi connectivity index (χ1) is 8.89. The smallest absolute Gasteiger partial charge is 0.395 e. The maximum Gasteiger partial charge on any atom is 0.405 e. The number of hydrogen-bond acceptors (Lipinski definition) is 4. The van der Waals surface area contributed by atoms with Gasteiger partial charge in [0, 0.05) is 12.1 Å². The first-order valence-corrected chi connectivity index (χ1v) is 6.18. The molecule has 1 aromatic heterocycles. The number of halogens is 4. The normalized spacial score (nSPS) is 11.7. The molecular weight excluding hydrogens is 283 g/mol. The van der Waals surface area contributed by atoms with Crippen LogP contribution in [-0.2, 0) is 6.42 Å². The molecule has 1 rings (SSSR count). The fourth-order valence-electron chi connectivity index (χ4n) is 1.72. The molecule has 0 amide bonds. The maximum absolute atomic E-state index is 12.5. The van der Waals surface area contributed by atoms with E-state index in [-0.39, 0.29) is 17.5 Å². The molecule has 0 aliphatic carbocycles. The van der Waals surface area contributed by atoms with Gasteiger partial charge in [-0.15, -0.1) is 0 Å². The van der Waals surface area contributed by atoms with Gasteiger partial charge in [0.25, 0.3) is 0 Å². The van der Waals surface area contributed by atoms with E-state index < -0.39 is 19.3 Å². The molecule has 1 aromatic rings. The molecular formula is C11H15ClF3N3O. The molecule has 1 heterocycles. The summed E-state index contributed by atoms with van der Waals surface area (Å²) in [4.78, 5) is 8.63. The molecule has 0 saturated heterocycles. The van der Waals surface area contributed by atoms with Crippen molar-refractivity contribution < 1.29 is 18.3 Å². The van der Waals surface area contributed by atoms with Gasteiger partial charge in [-0.1, -0.05) is 24.9 Å². The fourth-order valence-corrected chi connectivity index (χ4v) is 1.94. The monoisotopic (exact) mass is 297 g/mol. The average molecular weight is 298 g/mol. The molecule has 0 aliphatic rings. The van der Waals surface area contributed by atoms with Crippen molar-refractivity contribution in [3.05, 3.63) is 17.0 Å². The van der Waals surface area contributed by atoms with Crippen molar-refractivity contribution >= 4 is 17.4 Å². The van der Waals surface area contributed by atoms with E-state index in [1.54, 1.807) is 0 Å². The number of anilines is 1. The summed E-state index contributed by atoms with van der Waals surface area (Å²) in [6, 6.07) is 0. The van der Waals surface area contributed by atoms with Crippen LogP contribution in [-0.4, -0.2) is 40.9 Å². The molecule has 0 bridgehead atoms. The third-order valence-corrected chi connectivity index (χ3v) is 2.74. The van der Waals surface area contributed by atoms with E-state index in [9.17, 15) is 13.2 Å². The summed E-state index contributed by atoms with van der Waals surface area (Å²) in [5.74, 6) is 0.133. The van der Waals surface area contributed by atoms with Crippen LogP contribution >= 0.6 is 11.6 Å². The molecule has 8 heteroatoms. The zero-order valence-corrected chi connectivity index (χ0v) is 11.2. The molecule has 0 atom stereocenters. The van der Waals surface area contributed by atoms with Crippen molar-refractivity contribution in [3.8, 4) is 0 Å².